The van der Waals surface area contributed by atoms with E-state index >= 15 is 0 Å². The monoisotopic (exact) mass is 321 g/mol. The molecule has 3 fully saturated rings. The number of hydrogen-bond donors (Lipinski definition) is 0. The molecule has 3 aliphatic heterocycles. The van der Waals surface area contributed by atoms with E-state index in [0.29, 0.717) is 30.7 Å². The Morgan fingerprint density at radius 1 is 1.32 bits per heavy atom. The van der Waals surface area contributed by atoms with Gasteiger partial charge in [-0.05, 0) is 12.0 Å². The van der Waals surface area contributed by atoms with Crippen molar-refractivity contribution < 1.29 is 14.3 Å². The molecule has 0 aliphatic carbocycles. The van der Waals surface area contributed by atoms with E-state index in [4.69, 9.17) is 21.1 Å². The molecule has 22 heavy (non-hydrogen) atoms. The van der Waals surface area contributed by atoms with Crippen LogP contribution in [0.1, 0.15) is 18.4 Å². The summed E-state index contributed by atoms with van der Waals surface area (Å²) in [5.41, 5.74) is 1.24. The maximum absolute atomic E-state index is 12.4. The highest BCUT2D eigenvalue weighted by molar-refractivity contribution is 6.17. The van der Waals surface area contributed by atoms with Gasteiger partial charge in [0.2, 0.25) is 0 Å². The number of ether oxygens (including phenoxy) is 2. The Balaban J connectivity index is 1.55. The van der Waals surface area contributed by atoms with Gasteiger partial charge in [-0.25, -0.2) is 0 Å². The highest BCUT2D eigenvalue weighted by atomic mass is 35.5. The number of benzene rings is 1. The van der Waals surface area contributed by atoms with Gasteiger partial charge in [0.25, 0.3) is 0 Å². The van der Waals surface area contributed by atoms with Gasteiger partial charge in [0.05, 0.1) is 18.8 Å². The summed E-state index contributed by atoms with van der Waals surface area (Å²) in [4.78, 5) is 14.7. The minimum Gasteiger partial charge on any atom is -0.351 e. The van der Waals surface area contributed by atoms with E-state index in [1.807, 2.05) is 18.2 Å². The number of nitrogens with zero attached hydrogens (tertiary/aromatic N) is 1. The van der Waals surface area contributed by atoms with E-state index < -0.39 is 0 Å². The van der Waals surface area contributed by atoms with Crippen LogP contribution in [0.15, 0.2) is 30.3 Å². The summed E-state index contributed by atoms with van der Waals surface area (Å²) >= 11 is 5.72. The maximum Gasteiger partial charge on any atom is 0.162 e. The van der Waals surface area contributed by atoms with Gasteiger partial charge in [0.15, 0.2) is 12.1 Å². The van der Waals surface area contributed by atoms with Gasteiger partial charge < -0.3 is 9.47 Å². The standard InChI is InChI=1S/C17H20ClNO3/c18-6-7-21-17-12-8-13-14(20)9-15(22-17)16(12)19(13)10-11-4-2-1-3-5-11/h1-5,12-13,15-17H,6-10H2/t12-,13-,15?,16+,17-/m1/s1. The summed E-state index contributed by atoms with van der Waals surface area (Å²) in [6.45, 7) is 1.31. The quantitative estimate of drug-likeness (QED) is 0.779. The molecule has 0 amide bonds. The number of hydrogen-bond acceptors (Lipinski definition) is 4. The second-order valence-electron chi connectivity index (χ2n) is 6.34. The SMILES string of the molecule is O=C1CC2O[C@@H](OCCCl)[C@@H]3C[C@H]1N(Cc1ccccc1)[C@H]23. The largest absolute Gasteiger partial charge is 0.351 e. The summed E-state index contributed by atoms with van der Waals surface area (Å²) < 4.78 is 11.8. The van der Waals surface area contributed by atoms with Crippen molar-refractivity contribution in [1.29, 1.82) is 0 Å². The van der Waals surface area contributed by atoms with Crippen molar-refractivity contribution in [3.05, 3.63) is 35.9 Å². The number of carbonyl (C=O) groups excluding carboxylic acids is 1. The number of fused-ring (bicyclic) bond motifs is 1. The topological polar surface area (TPSA) is 38.8 Å². The molecular formula is C17H20ClNO3. The first-order chi connectivity index (χ1) is 10.8. The van der Waals surface area contributed by atoms with E-state index in [1.165, 1.54) is 5.56 Å². The second kappa shape index (κ2) is 5.93. The molecule has 1 aromatic carbocycles. The van der Waals surface area contributed by atoms with E-state index in [0.717, 1.165) is 13.0 Å². The number of carbonyl (C=O) groups is 1. The zero-order valence-corrected chi connectivity index (χ0v) is 13.1. The molecule has 5 atom stereocenters. The first-order valence-corrected chi connectivity index (χ1v) is 8.47. The molecule has 5 heteroatoms. The van der Waals surface area contributed by atoms with Crippen molar-refractivity contribution >= 4 is 17.4 Å². The van der Waals surface area contributed by atoms with Gasteiger partial charge in [0, 0.05) is 30.8 Å². The van der Waals surface area contributed by atoms with Crippen LogP contribution in [0.25, 0.3) is 0 Å². The molecule has 4 nitrogen and oxygen atoms in total. The number of ketones is 1. The number of rotatable bonds is 5. The average molecular weight is 322 g/mol. The predicted molar refractivity (Wildman–Crippen MR) is 82.6 cm³/mol. The normalized spacial score (nSPS) is 37.0. The Hall–Kier alpha value is -0.940. The Bertz CT molecular complexity index is 552. The molecule has 0 spiro atoms. The van der Waals surface area contributed by atoms with Gasteiger partial charge >= 0.3 is 0 Å². The van der Waals surface area contributed by atoms with Crippen molar-refractivity contribution in [1.82, 2.24) is 4.90 Å². The molecule has 0 saturated carbocycles. The van der Waals surface area contributed by atoms with E-state index in [1.54, 1.807) is 0 Å². The third-order valence-electron chi connectivity index (χ3n) is 5.10. The molecule has 4 rings (SSSR count). The van der Waals surface area contributed by atoms with Crippen LogP contribution in [0.5, 0.6) is 0 Å². The molecule has 118 valence electrons. The van der Waals surface area contributed by atoms with E-state index in [2.05, 4.69) is 17.0 Å². The first kappa shape index (κ1) is 14.6. The third-order valence-corrected chi connectivity index (χ3v) is 5.25. The van der Waals surface area contributed by atoms with Gasteiger partial charge in [-0.3, -0.25) is 9.69 Å². The highest BCUT2D eigenvalue weighted by Gasteiger charge is 2.60. The van der Waals surface area contributed by atoms with Crippen LogP contribution >= 0.6 is 11.6 Å². The fraction of sp³-hybridized carbons (Fsp3) is 0.588. The van der Waals surface area contributed by atoms with Crippen LogP contribution in [0.2, 0.25) is 0 Å². The lowest BCUT2D eigenvalue weighted by Gasteiger charge is -2.36. The van der Waals surface area contributed by atoms with Crippen molar-refractivity contribution in [2.24, 2.45) is 5.92 Å². The molecule has 3 heterocycles. The smallest absolute Gasteiger partial charge is 0.162 e. The van der Waals surface area contributed by atoms with Crippen molar-refractivity contribution in [3.8, 4) is 0 Å². The fourth-order valence-electron chi connectivity index (χ4n) is 4.25. The minimum atomic E-state index is -0.204. The van der Waals surface area contributed by atoms with Crippen LogP contribution in [0.3, 0.4) is 0 Å². The number of alkyl halides is 1. The van der Waals surface area contributed by atoms with Crippen LogP contribution in [-0.2, 0) is 20.8 Å². The van der Waals surface area contributed by atoms with Crippen LogP contribution in [0, 0.1) is 5.92 Å². The van der Waals surface area contributed by atoms with Crippen LogP contribution in [-0.4, -0.2) is 47.6 Å². The van der Waals surface area contributed by atoms with Gasteiger partial charge in [-0.1, -0.05) is 30.3 Å². The van der Waals surface area contributed by atoms with Gasteiger partial charge in [0.1, 0.15) is 0 Å². The summed E-state index contributed by atoms with van der Waals surface area (Å²) in [6, 6.07) is 10.6. The Kier molecular flexibility index (Phi) is 3.95. The molecule has 3 saturated heterocycles. The fourth-order valence-corrected chi connectivity index (χ4v) is 4.34. The van der Waals surface area contributed by atoms with Gasteiger partial charge in [-0.15, -0.1) is 11.6 Å². The molecular weight excluding hydrogens is 302 g/mol. The zero-order chi connectivity index (χ0) is 15.1. The third kappa shape index (κ3) is 2.38. The highest BCUT2D eigenvalue weighted by Crippen LogP contribution is 2.47. The van der Waals surface area contributed by atoms with E-state index in [9.17, 15) is 4.79 Å². The maximum atomic E-state index is 12.4. The summed E-state index contributed by atoms with van der Waals surface area (Å²) in [5, 5.41) is 0. The average Bonchev–Trinajstić information content (AvgIpc) is 3.00. The summed E-state index contributed by atoms with van der Waals surface area (Å²) in [7, 11) is 0. The number of Topliss-reactive ketones (excluding diaryl/α,β-unsaturated/α-hetero) is 1. The molecule has 3 aliphatic rings. The Labute approximate surface area is 135 Å². The number of piperidine rings is 1. The van der Waals surface area contributed by atoms with Gasteiger partial charge in [-0.2, -0.15) is 0 Å². The van der Waals surface area contributed by atoms with Crippen molar-refractivity contribution in [2.45, 2.75) is 43.9 Å². The Morgan fingerprint density at radius 3 is 2.91 bits per heavy atom. The van der Waals surface area contributed by atoms with E-state index in [-0.39, 0.29) is 24.4 Å². The minimum absolute atomic E-state index is 0.0254. The lowest BCUT2D eigenvalue weighted by Crippen LogP contribution is -2.51. The molecule has 0 radical (unpaired) electrons. The molecule has 1 unspecified atom stereocenters. The summed E-state index contributed by atoms with van der Waals surface area (Å²) in [6.07, 6.45) is 1.14. The van der Waals surface area contributed by atoms with Crippen LogP contribution < -0.4 is 0 Å². The second-order valence-corrected chi connectivity index (χ2v) is 6.71. The molecule has 2 bridgehead atoms. The molecule has 1 aromatic rings. The van der Waals surface area contributed by atoms with Crippen molar-refractivity contribution in [3.63, 3.8) is 0 Å². The summed E-state index contributed by atoms with van der Waals surface area (Å²) in [5.74, 6) is 1.07. The molecule has 0 aromatic heterocycles. The zero-order valence-electron chi connectivity index (χ0n) is 12.4. The lowest BCUT2D eigenvalue weighted by molar-refractivity contribution is -0.164. The first-order valence-electron chi connectivity index (χ1n) is 7.93. The molecule has 0 N–H and O–H groups in total. The lowest BCUT2D eigenvalue weighted by atomic mass is 9.96. The predicted octanol–water partition coefficient (Wildman–Crippen LogP) is 2.20. The van der Waals surface area contributed by atoms with Crippen molar-refractivity contribution in [2.75, 3.05) is 12.5 Å². The number of halogens is 1. The van der Waals surface area contributed by atoms with Crippen LogP contribution in [0.4, 0.5) is 0 Å². The Morgan fingerprint density at radius 2 is 2.14 bits per heavy atom.